The molecule has 2 aliphatic carbocycles. The molecule has 1 heterocycles. The minimum atomic E-state index is -1.33. The highest BCUT2D eigenvalue weighted by Crippen LogP contribution is 2.61. The van der Waals surface area contributed by atoms with Gasteiger partial charge in [0, 0.05) is 37.7 Å². The number of aliphatic hydroxyl groups is 2. The molecular weight excluding hydrogens is 612 g/mol. The van der Waals surface area contributed by atoms with Crippen LogP contribution in [0.25, 0.3) is 0 Å². The van der Waals surface area contributed by atoms with Crippen LogP contribution in [0.1, 0.15) is 97.5 Å². The number of carbonyl (C=O) groups excluding carboxylic acids is 1. The Morgan fingerprint density at radius 3 is 2.52 bits per heavy atom. The smallest absolute Gasteiger partial charge is 0.410 e. The fourth-order valence-electron chi connectivity index (χ4n) is 7.78. The van der Waals surface area contributed by atoms with Gasteiger partial charge in [-0.2, -0.15) is 0 Å². The minimum Gasteiger partial charge on any atom is -0.508 e. The molecule has 10 heteroatoms. The molecule has 3 aliphatic rings. The van der Waals surface area contributed by atoms with Crippen LogP contribution < -0.4 is 4.74 Å². The van der Waals surface area contributed by atoms with Gasteiger partial charge >= 0.3 is 6.09 Å². The van der Waals surface area contributed by atoms with E-state index in [4.69, 9.17) is 19.0 Å². The van der Waals surface area contributed by atoms with Crippen molar-refractivity contribution in [1.29, 1.82) is 0 Å². The summed E-state index contributed by atoms with van der Waals surface area (Å²) in [6.07, 6.45) is 9.33. The molecule has 4 rings (SSSR count). The number of aromatic hydroxyl groups is 1. The lowest BCUT2D eigenvalue weighted by atomic mass is 9.55. The van der Waals surface area contributed by atoms with E-state index < -0.39 is 23.8 Å². The second-order valence-corrected chi connectivity index (χ2v) is 14.5. The molecule has 1 aliphatic heterocycles. The summed E-state index contributed by atoms with van der Waals surface area (Å²) in [6.45, 7) is 15.4. The number of hydrogen-bond acceptors (Lipinski definition) is 9. The van der Waals surface area contributed by atoms with E-state index in [0.717, 1.165) is 42.5 Å². The molecule has 0 saturated heterocycles. The lowest BCUT2D eigenvalue weighted by molar-refractivity contribution is -0.255. The van der Waals surface area contributed by atoms with Crippen LogP contribution in [-0.2, 0) is 14.3 Å². The Kier molecular flexibility index (Phi) is 13.4. The first-order chi connectivity index (χ1) is 23.0. The lowest BCUT2D eigenvalue weighted by Crippen LogP contribution is -2.70. The van der Waals surface area contributed by atoms with Crippen molar-refractivity contribution in [3.8, 4) is 11.5 Å². The zero-order chi connectivity index (χ0) is 34.9. The van der Waals surface area contributed by atoms with Gasteiger partial charge in [0.25, 0.3) is 0 Å². The summed E-state index contributed by atoms with van der Waals surface area (Å²) >= 11 is 0. The Morgan fingerprint density at radius 2 is 1.88 bits per heavy atom. The van der Waals surface area contributed by atoms with Gasteiger partial charge in [-0.15, -0.1) is 6.58 Å². The molecule has 3 N–H and O–H groups in total. The molecular formula is C38H58N2O8. The first-order valence-corrected chi connectivity index (χ1v) is 17.9. The normalized spacial score (nSPS) is 26.9. The van der Waals surface area contributed by atoms with Gasteiger partial charge in [-0.3, -0.25) is 4.90 Å². The number of hydrogen-bond donors (Lipinski definition) is 3. The molecule has 6 atom stereocenters. The zero-order valence-electron chi connectivity index (χ0n) is 29.7. The number of phenols is 1. The number of oxime groups is 1. The summed E-state index contributed by atoms with van der Waals surface area (Å²) < 4.78 is 19.9. The van der Waals surface area contributed by atoms with Crippen molar-refractivity contribution in [2.45, 2.75) is 104 Å². The van der Waals surface area contributed by atoms with Gasteiger partial charge in [-0.1, -0.05) is 57.8 Å². The summed E-state index contributed by atoms with van der Waals surface area (Å²) in [5.74, 6) is -0.937. The number of allylic oxidation sites excluding steroid dienone is 1. The summed E-state index contributed by atoms with van der Waals surface area (Å²) in [5, 5.41) is 34.9. The monoisotopic (exact) mass is 670 g/mol. The zero-order valence-corrected chi connectivity index (χ0v) is 29.7. The molecule has 0 aromatic heterocycles. The van der Waals surface area contributed by atoms with E-state index in [-0.39, 0.29) is 55.3 Å². The summed E-state index contributed by atoms with van der Waals surface area (Å²) in [7, 11) is 0. The highest BCUT2D eigenvalue weighted by Gasteiger charge is 2.65. The number of fused-ring (bicyclic) bond motifs is 2. The molecule has 10 nitrogen and oxygen atoms in total. The van der Waals surface area contributed by atoms with Gasteiger partial charge in [0.15, 0.2) is 0 Å². The number of amides is 1. The van der Waals surface area contributed by atoms with Gasteiger partial charge in [0.1, 0.15) is 24.1 Å². The highest BCUT2D eigenvalue weighted by molar-refractivity contribution is 6.02. The van der Waals surface area contributed by atoms with E-state index >= 15 is 0 Å². The SMILES string of the molecule is C=CCO[C@@]12Oc3ccc(O)cc3[C@H]3[C@H](CCCCO)[C@@H](CCCCO)C=C(C(=NOCC)C[C@@H]1N(CCC)C(=O)OCC(C)(C)C)[C@H]32. The van der Waals surface area contributed by atoms with Crippen LogP contribution in [0.3, 0.4) is 0 Å². The number of aliphatic hydroxyl groups excluding tert-OH is 2. The fourth-order valence-corrected chi connectivity index (χ4v) is 7.78. The van der Waals surface area contributed by atoms with Crippen molar-refractivity contribution in [3.63, 3.8) is 0 Å². The number of phenolic OH excluding ortho intramolecular Hbond substituents is 1. The van der Waals surface area contributed by atoms with Gasteiger partial charge in [0.2, 0.25) is 5.79 Å². The molecule has 1 aromatic rings. The van der Waals surface area contributed by atoms with Gasteiger partial charge in [-0.25, -0.2) is 4.79 Å². The molecule has 1 aromatic carbocycles. The predicted molar refractivity (Wildman–Crippen MR) is 186 cm³/mol. The minimum absolute atomic E-state index is 0.0970. The molecule has 1 fully saturated rings. The third-order valence-electron chi connectivity index (χ3n) is 9.66. The maximum absolute atomic E-state index is 14.1. The Hall–Kier alpha value is -3.08. The standard InChI is InChI=1S/C38H58N2O8/c1-7-18-40(36(44)45-25-37(4,5)6)33-24-31(39-47-9-3)29-22-26(14-10-12-19-41)28(15-11-13-20-42)34-30-23-27(43)16-17-32(30)48-38(33,35(29)34)46-21-8-2/h8,16-17,22-23,26,28,33-35,41-43H,2,7,9-15,18-21,24-25H2,1,3-6H3/t26-,28+,33-,34+,35+,38+/m0/s1. The maximum atomic E-state index is 14.1. The van der Waals surface area contributed by atoms with Crippen LogP contribution in [0.15, 0.2) is 47.7 Å². The largest absolute Gasteiger partial charge is 0.508 e. The summed E-state index contributed by atoms with van der Waals surface area (Å²) in [4.78, 5) is 21.6. The number of carbonyl (C=O) groups is 1. The first kappa shape index (κ1) is 37.7. The molecule has 1 saturated carbocycles. The Balaban J connectivity index is 1.99. The number of benzene rings is 1. The maximum Gasteiger partial charge on any atom is 0.410 e. The first-order valence-electron chi connectivity index (χ1n) is 17.9. The van der Waals surface area contributed by atoms with E-state index in [1.807, 2.05) is 34.6 Å². The number of ether oxygens (including phenoxy) is 3. The summed E-state index contributed by atoms with van der Waals surface area (Å²) in [5.41, 5.74) is 2.37. The van der Waals surface area contributed by atoms with Crippen LogP contribution in [0, 0.1) is 23.2 Å². The van der Waals surface area contributed by atoms with Crippen molar-refractivity contribution in [2.24, 2.45) is 28.3 Å². The van der Waals surface area contributed by atoms with Gasteiger partial charge < -0.3 is 34.4 Å². The van der Waals surface area contributed by atoms with Crippen LogP contribution >= 0.6 is 0 Å². The second-order valence-electron chi connectivity index (χ2n) is 14.5. The average molecular weight is 671 g/mol. The van der Waals surface area contributed by atoms with E-state index in [1.165, 1.54) is 0 Å². The highest BCUT2D eigenvalue weighted by atomic mass is 16.7. The molecule has 48 heavy (non-hydrogen) atoms. The van der Waals surface area contributed by atoms with E-state index in [9.17, 15) is 20.1 Å². The average Bonchev–Trinajstić information content (AvgIpc) is 3.05. The fraction of sp³-hybridized carbons (Fsp3) is 0.684. The Morgan fingerprint density at radius 1 is 1.15 bits per heavy atom. The Bertz CT molecular complexity index is 1290. The van der Waals surface area contributed by atoms with E-state index in [0.29, 0.717) is 44.6 Å². The van der Waals surface area contributed by atoms with E-state index in [2.05, 4.69) is 17.8 Å². The van der Waals surface area contributed by atoms with Crippen molar-refractivity contribution >= 4 is 11.8 Å². The number of nitrogens with zero attached hydrogens (tertiary/aromatic N) is 2. The molecule has 268 valence electrons. The topological polar surface area (TPSA) is 130 Å². The van der Waals surface area contributed by atoms with Gasteiger partial charge in [0.05, 0.1) is 24.8 Å². The predicted octanol–water partition coefficient (Wildman–Crippen LogP) is 6.94. The molecule has 0 bridgehead atoms. The van der Waals surface area contributed by atoms with E-state index in [1.54, 1.807) is 29.2 Å². The van der Waals surface area contributed by atoms with Crippen LogP contribution in [-0.4, -0.2) is 83.4 Å². The molecule has 0 radical (unpaired) electrons. The number of rotatable bonds is 17. The third-order valence-corrected chi connectivity index (χ3v) is 9.66. The van der Waals surface area contributed by atoms with Crippen LogP contribution in [0.2, 0.25) is 0 Å². The van der Waals surface area contributed by atoms with Crippen molar-refractivity contribution < 1.29 is 39.2 Å². The van der Waals surface area contributed by atoms with Crippen LogP contribution in [0.5, 0.6) is 11.5 Å². The molecule has 0 unspecified atom stereocenters. The molecule has 1 amide bonds. The van der Waals surface area contributed by atoms with Gasteiger partial charge in [-0.05, 0) is 80.1 Å². The number of unbranched alkanes of at least 4 members (excludes halogenated alkanes) is 2. The molecule has 0 spiro atoms. The van der Waals surface area contributed by atoms with Crippen LogP contribution in [0.4, 0.5) is 4.79 Å². The Labute approximate surface area is 286 Å². The third kappa shape index (κ3) is 8.37. The second kappa shape index (κ2) is 17.0. The quantitative estimate of drug-likeness (QED) is 0.0924. The lowest BCUT2D eigenvalue weighted by Gasteiger charge is -2.59. The summed E-state index contributed by atoms with van der Waals surface area (Å²) in [6, 6.07) is 4.60. The van der Waals surface area contributed by atoms with Crippen molar-refractivity contribution in [3.05, 3.63) is 48.1 Å². The van der Waals surface area contributed by atoms with Crippen molar-refractivity contribution in [2.75, 3.05) is 39.6 Å². The van der Waals surface area contributed by atoms with Crippen molar-refractivity contribution in [1.82, 2.24) is 4.90 Å².